The molecule has 4 aromatic rings. The van der Waals surface area contributed by atoms with Gasteiger partial charge in [0.1, 0.15) is 23.7 Å². The number of benzene rings is 2. The summed E-state index contributed by atoms with van der Waals surface area (Å²) in [5.41, 5.74) is 5.94. The first-order valence-corrected chi connectivity index (χ1v) is 9.90. The number of methoxy groups -OCH3 is 1. The number of aryl methyl sites for hydroxylation is 1. The molecule has 0 amide bonds. The lowest BCUT2D eigenvalue weighted by Crippen LogP contribution is -2.31. The van der Waals surface area contributed by atoms with Crippen LogP contribution >= 0.6 is 0 Å². The fraction of sp³-hybridized carbons (Fsp3) is 0.208. The van der Waals surface area contributed by atoms with Gasteiger partial charge in [-0.25, -0.2) is 14.4 Å². The van der Waals surface area contributed by atoms with Gasteiger partial charge in [-0.05, 0) is 60.0 Å². The standard InChI is InChI=1S/C24H21FN4O/c1-15-3-4-18(25)10-20(15)16-9-17-13-29(8-7-22(17)26-12-16)24-21-11-19(30-2)5-6-23(21)27-14-28-24/h3-6,9-12,14H,7-8,13H2,1-2H3. The predicted molar refractivity (Wildman–Crippen MR) is 115 cm³/mol. The first-order valence-electron chi connectivity index (χ1n) is 9.90. The summed E-state index contributed by atoms with van der Waals surface area (Å²) in [5.74, 6) is 1.43. The summed E-state index contributed by atoms with van der Waals surface area (Å²) in [7, 11) is 1.66. The van der Waals surface area contributed by atoms with E-state index in [1.54, 1.807) is 25.6 Å². The summed E-state index contributed by atoms with van der Waals surface area (Å²) < 4.78 is 19.2. The number of pyridine rings is 1. The molecule has 0 saturated carbocycles. The van der Waals surface area contributed by atoms with Crippen LogP contribution in [0.25, 0.3) is 22.0 Å². The van der Waals surface area contributed by atoms with Gasteiger partial charge in [-0.2, -0.15) is 0 Å². The number of rotatable bonds is 3. The van der Waals surface area contributed by atoms with Crippen molar-refractivity contribution in [2.75, 3.05) is 18.6 Å². The summed E-state index contributed by atoms with van der Waals surface area (Å²) in [5, 5.41) is 0.963. The zero-order valence-corrected chi connectivity index (χ0v) is 16.9. The first-order chi connectivity index (χ1) is 14.6. The summed E-state index contributed by atoms with van der Waals surface area (Å²) in [6, 6.07) is 12.8. The fourth-order valence-corrected chi connectivity index (χ4v) is 4.06. The SMILES string of the molecule is COc1ccc2ncnc(N3CCc4ncc(-c5cc(F)ccc5C)cc4C3)c2c1. The molecule has 2 aromatic carbocycles. The molecule has 6 heteroatoms. The van der Waals surface area contributed by atoms with E-state index in [2.05, 4.69) is 25.9 Å². The third-order valence-electron chi connectivity index (χ3n) is 5.67. The van der Waals surface area contributed by atoms with E-state index in [9.17, 15) is 4.39 Å². The average molecular weight is 400 g/mol. The molecule has 0 saturated heterocycles. The van der Waals surface area contributed by atoms with Crippen LogP contribution in [0, 0.1) is 12.7 Å². The number of anilines is 1. The van der Waals surface area contributed by atoms with Gasteiger partial charge in [0.25, 0.3) is 0 Å². The minimum absolute atomic E-state index is 0.239. The highest BCUT2D eigenvalue weighted by molar-refractivity contribution is 5.90. The third-order valence-corrected chi connectivity index (χ3v) is 5.67. The van der Waals surface area contributed by atoms with Crippen LogP contribution in [0.3, 0.4) is 0 Å². The first kappa shape index (κ1) is 18.5. The number of nitrogens with zero attached hydrogens (tertiary/aromatic N) is 4. The number of fused-ring (bicyclic) bond motifs is 2. The highest BCUT2D eigenvalue weighted by atomic mass is 19.1. The van der Waals surface area contributed by atoms with Crippen LogP contribution in [0.15, 0.2) is 55.0 Å². The zero-order valence-electron chi connectivity index (χ0n) is 16.9. The van der Waals surface area contributed by atoms with Crippen molar-refractivity contribution in [2.45, 2.75) is 19.9 Å². The molecule has 5 nitrogen and oxygen atoms in total. The van der Waals surface area contributed by atoms with Crippen LogP contribution in [0.2, 0.25) is 0 Å². The van der Waals surface area contributed by atoms with E-state index in [0.717, 1.165) is 63.4 Å². The molecule has 2 aromatic heterocycles. The maximum absolute atomic E-state index is 13.8. The second-order valence-corrected chi connectivity index (χ2v) is 7.54. The lowest BCUT2D eigenvalue weighted by Gasteiger charge is -2.30. The van der Waals surface area contributed by atoms with Crippen LogP contribution in [-0.2, 0) is 13.0 Å². The van der Waals surface area contributed by atoms with E-state index >= 15 is 0 Å². The number of hydrogen-bond acceptors (Lipinski definition) is 5. The van der Waals surface area contributed by atoms with Crippen molar-refractivity contribution in [1.29, 1.82) is 0 Å². The molecule has 0 atom stereocenters. The monoisotopic (exact) mass is 400 g/mol. The average Bonchev–Trinajstić information content (AvgIpc) is 2.79. The second kappa shape index (κ2) is 7.37. The van der Waals surface area contributed by atoms with Crippen LogP contribution in [0.1, 0.15) is 16.8 Å². The molecular weight excluding hydrogens is 379 g/mol. The molecule has 150 valence electrons. The molecule has 0 unspecified atom stereocenters. The van der Waals surface area contributed by atoms with Crippen molar-refractivity contribution in [3.05, 3.63) is 77.6 Å². The van der Waals surface area contributed by atoms with Gasteiger partial charge >= 0.3 is 0 Å². The van der Waals surface area contributed by atoms with E-state index in [1.165, 1.54) is 6.07 Å². The smallest absolute Gasteiger partial charge is 0.140 e. The molecule has 3 heterocycles. The highest BCUT2D eigenvalue weighted by Crippen LogP contribution is 2.32. The Morgan fingerprint density at radius 3 is 2.80 bits per heavy atom. The molecule has 0 aliphatic carbocycles. The van der Waals surface area contributed by atoms with E-state index in [-0.39, 0.29) is 5.82 Å². The molecular formula is C24H21FN4O. The van der Waals surface area contributed by atoms with E-state index in [4.69, 9.17) is 4.74 Å². The molecule has 0 fully saturated rings. The Morgan fingerprint density at radius 1 is 1.03 bits per heavy atom. The summed E-state index contributed by atoms with van der Waals surface area (Å²) in [6.45, 7) is 3.50. The topological polar surface area (TPSA) is 51.1 Å². The van der Waals surface area contributed by atoms with Gasteiger partial charge in [-0.15, -0.1) is 0 Å². The molecule has 0 bridgehead atoms. The van der Waals surface area contributed by atoms with Gasteiger partial charge < -0.3 is 9.64 Å². The van der Waals surface area contributed by atoms with Gasteiger partial charge in [0.2, 0.25) is 0 Å². The van der Waals surface area contributed by atoms with Gasteiger partial charge in [0, 0.05) is 42.4 Å². The molecule has 0 radical (unpaired) electrons. The van der Waals surface area contributed by atoms with Gasteiger partial charge in [0.15, 0.2) is 0 Å². The summed E-state index contributed by atoms with van der Waals surface area (Å²) >= 11 is 0. The minimum Gasteiger partial charge on any atom is -0.497 e. The van der Waals surface area contributed by atoms with Crippen LogP contribution in [0.4, 0.5) is 10.2 Å². The van der Waals surface area contributed by atoms with Crippen molar-refractivity contribution in [3.63, 3.8) is 0 Å². The van der Waals surface area contributed by atoms with Crippen molar-refractivity contribution in [1.82, 2.24) is 15.0 Å². The Bertz CT molecular complexity index is 1260. The number of hydrogen-bond donors (Lipinski definition) is 0. The lowest BCUT2D eigenvalue weighted by molar-refractivity contribution is 0.415. The van der Waals surface area contributed by atoms with Gasteiger partial charge in [0.05, 0.1) is 12.6 Å². The Kier molecular flexibility index (Phi) is 4.54. The summed E-state index contributed by atoms with van der Waals surface area (Å²) in [4.78, 5) is 15.9. The Morgan fingerprint density at radius 2 is 1.93 bits per heavy atom. The van der Waals surface area contributed by atoms with Crippen molar-refractivity contribution >= 4 is 16.7 Å². The quantitative estimate of drug-likeness (QED) is 0.498. The maximum Gasteiger partial charge on any atom is 0.140 e. The van der Waals surface area contributed by atoms with Crippen LogP contribution < -0.4 is 9.64 Å². The fourth-order valence-electron chi connectivity index (χ4n) is 4.06. The van der Waals surface area contributed by atoms with E-state index in [0.29, 0.717) is 6.54 Å². The molecule has 1 aliphatic heterocycles. The largest absolute Gasteiger partial charge is 0.497 e. The lowest BCUT2D eigenvalue weighted by atomic mass is 9.97. The summed E-state index contributed by atoms with van der Waals surface area (Å²) in [6.07, 6.45) is 4.28. The van der Waals surface area contributed by atoms with Crippen molar-refractivity contribution in [2.24, 2.45) is 0 Å². The number of halogens is 1. The Balaban J connectivity index is 1.54. The third kappa shape index (κ3) is 3.24. The van der Waals surface area contributed by atoms with Gasteiger partial charge in [-0.1, -0.05) is 6.07 Å². The van der Waals surface area contributed by atoms with E-state index < -0.39 is 0 Å². The van der Waals surface area contributed by atoms with Gasteiger partial charge in [-0.3, -0.25) is 4.98 Å². The molecule has 0 spiro atoms. The molecule has 30 heavy (non-hydrogen) atoms. The molecule has 0 N–H and O–H groups in total. The maximum atomic E-state index is 13.8. The number of ether oxygens (including phenoxy) is 1. The Labute approximate surface area is 174 Å². The van der Waals surface area contributed by atoms with Crippen LogP contribution in [-0.4, -0.2) is 28.6 Å². The number of aromatic nitrogens is 3. The van der Waals surface area contributed by atoms with Crippen molar-refractivity contribution < 1.29 is 9.13 Å². The predicted octanol–water partition coefficient (Wildman–Crippen LogP) is 4.71. The van der Waals surface area contributed by atoms with Crippen molar-refractivity contribution in [3.8, 4) is 16.9 Å². The second-order valence-electron chi connectivity index (χ2n) is 7.54. The zero-order chi connectivity index (χ0) is 20.7. The van der Waals surface area contributed by atoms with E-state index in [1.807, 2.05) is 31.3 Å². The minimum atomic E-state index is -0.239. The van der Waals surface area contributed by atoms with Crippen LogP contribution in [0.5, 0.6) is 5.75 Å². The molecule has 5 rings (SSSR count). The highest BCUT2D eigenvalue weighted by Gasteiger charge is 2.21. The molecule has 1 aliphatic rings. The Hall–Kier alpha value is -3.54. The normalized spacial score (nSPS) is 13.4.